The van der Waals surface area contributed by atoms with Gasteiger partial charge in [0.1, 0.15) is 0 Å². The quantitative estimate of drug-likeness (QED) is 0.338. The Labute approximate surface area is 136 Å². The topological polar surface area (TPSA) is 6.48 Å². The summed E-state index contributed by atoms with van der Waals surface area (Å²) in [6.45, 7) is 18.6. The van der Waals surface area contributed by atoms with Crippen LogP contribution in [0.1, 0.15) is 74.1 Å². The summed E-state index contributed by atoms with van der Waals surface area (Å²) in [4.78, 5) is 0. The zero-order valence-corrected chi connectivity index (χ0v) is 16.3. The van der Waals surface area contributed by atoms with E-state index < -0.39 is 0 Å². The summed E-state index contributed by atoms with van der Waals surface area (Å²) in [7, 11) is 0. The lowest BCUT2D eigenvalue weighted by Crippen LogP contribution is -2.31. The molecule has 0 amide bonds. The highest BCUT2D eigenvalue weighted by Crippen LogP contribution is 2.33. The van der Waals surface area contributed by atoms with Crippen molar-refractivity contribution in [3.05, 3.63) is 0 Å². The number of rotatable bonds is 12. The highest BCUT2D eigenvalue weighted by atomic mass is 32.2. The Bertz CT molecular complexity index is 205. The van der Waals surface area contributed by atoms with Gasteiger partial charge in [-0.15, -0.1) is 0 Å². The minimum absolute atomic E-state index is 0.594. The molecule has 0 aliphatic heterocycles. The lowest BCUT2D eigenvalue weighted by molar-refractivity contribution is 0.359. The second-order valence-corrected chi connectivity index (χ2v) is 8.65. The molecule has 0 fully saturated rings. The van der Waals surface area contributed by atoms with E-state index in [0.717, 1.165) is 0 Å². The van der Waals surface area contributed by atoms with Crippen molar-refractivity contribution in [2.24, 2.45) is 0 Å². The fourth-order valence-electron chi connectivity index (χ4n) is 2.00. The van der Waals surface area contributed by atoms with Gasteiger partial charge in [-0.1, -0.05) is 51.6 Å². The van der Waals surface area contributed by atoms with E-state index in [4.69, 9.17) is 0 Å². The Kier molecular flexibility index (Phi) is 12.6. The molecule has 2 nitrogen and oxygen atoms in total. The molecule has 0 aromatic carbocycles. The van der Waals surface area contributed by atoms with Crippen LogP contribution in [0.15, 0.2) is 0 Å². The maximum atomic E-state index is 2.58. The molecule has 0 heterocycles. The molecule has 0 saturated carbocycles. The Morgan fingerprint density at radius 1 is 0.700 bits per heavy atom. The van der Waals surface area contributed by atoms with Crippen LogP contribution in [0.5, 0.6) is 0 Å². The van der Waals surface area contributed by atoms with Crippen LogP contribution in [0.25, 0.3) is 0 Å². The Hall–Kier alpha value is 0.620. The molecule has 20 heavy (non-hydrogen) atoms. The lowest BCUT2D eigenvalue weighted by Gasteiger charge is -2.33. The summed E-state index contributed by atoms with van der Waals surface area (Å²) in [5.74, 6) is 0. The maximum Gasteiger partial charge on any atom is 0.0768 e. The van der Waals surface area contributed by atoms with Crippen molar-refractivity contribution >= 4 is 23.9 Å². The zero-order chi connectivity index (χ0) is 15.5. The third kappa shape index (κ3) is 8.16. The summed E-state index contributed by atoms with van der Waals surface area (Å²) in [5, 5.41) is 0. The van der Waals surface area contributed by atoms with Crippen LogP contribution in [0.3, 0.4) is 0 Å². The zero-order valence-electron chi connectivity index (χ0n) is 14.7. The first-order chi connectivity index (χ1) is 9.49. The van der Waals surface area contributed by atoms with Gasteiger partial charge in [-0.2, -0.15) is 0 Å². The van der Waals surface area contributed by atoms with E-state index >= 15 is 0 Å². The van der Waals surface area contributed by atoms with Crippen molar-refractivity contribution in [3.8, 4) is 0 Å². The van der Waals surface area contributed by atoms with Crippen molar-refractivity contribution in [3.63, 3.8) is 0 Å². The summed E-state index contributed by atoms with van der Waals surface area (Å²) >= 11 is 4.08. The average Bonchev–Trinajstić information content (AvgIpc) is 2.44. The molecule has 0 spiro atoms. The highest BCUT2D eigenvalue weighted by Gasteiger charge is 2.20. The molecular formula is C16H36N2S2. The van der Waals surface area contributed by atoms with Gasteiger partial charge in [-0.25, -0.2) is 8.61 Å². The molecule has 2 atom stereocenters. The first-order valence-corrected chi connectivity index (χ1v) is 10.0. The van der Waals surface area contributed by atoms with E-state index in [0.29, 0.717) is 16.7 Å². The van der Waals surface area contributed by atoms with Gasteiger partial charge in [0.05, 0.1) is 4.58 Å². The Balaban J connectivity index is 4.42. The summed E-state index contributed by atoms with van der Waals surface area (Å²) in [6, 6.07) is 1.34. The molecule has 0 aliphatic rings. The third-order valence-corrected chi connectivity index (χ3v) is 6.36. The normalized spacial score (nSPS) is 16.6. The molecule has 0 N–H and O–H groups in total. The van der Waals surface area contributed by atoms with Crippen molar-refractivity contribution in [1.82, 2.24) is 8.61 Å². The molecule has 4 heteroatoms. The van der Waals surface area contributed by atoms with Gasteiger partial charge in [0.25, 0.3) is 0 Å². The minimum atomic E-state index is 0.594. The summed E-state index contributed by atoms with van der Waals surface area (Å²) in [6.07, 6.45) is 4.93. The third-order valence-electron chi connectivity index (χ3n) is 3.62. The molecule has 0 aromatic rings. The smallest absolute Gasteiger partial charge is 0.0768 e. The van der Waals surface area contributed by atoms with Crippen molar-refractivity contribution in [1.29, 1.82) is 0 Å². The predicted molar refractivity (Wildman–Crippen MR) is 98.1 cm³/mol. The average molecular weight is 321 g/mol. The minimum Gasteiger partial charge on any atom is -0.247 e. The molecule has 122 valence electrons. The van der Waals surface area contributed by atoms with Gasteiger partial charge in [-0.3, -0.25) is 0 Å². The summed E-state index contributed by atoms with van der Waals surface area (Å²) < 4.78 is 5.76. The van der Waals surface area contributed by atoms with Crippen molar-refractivity contribution in [2.75, 3.05) is 13.1 Å². The standard InChI is InChI=1S/C16H36N2S2/c1-8-12-17(14(5)10-3)19-16(7)20-18(13-9-2)15(6)11-4/h14-16H,8-13H2,1-7H3. The maximum absolute atomic E-state index is 2.58. The molecule has 0 bridgehead atoms. The second-order valence-electron chi connectivity index (χ2n) is 5.57. The number of hydrogen-bond acceptors (Lipinski definition) is 4. The predicted octanol–water partition coefficient (Wildman–Crippen LogP) is 5.65. The number of hydrogen-bond donors (Lipinski definition) is 0. The highest BCUT2D eigenvalue weighted by molar-refractivity contribution is 8.14. The van der Waals surface area contributed by atoms with Gasteiger partial charge < -0.3 is 0 Å². The SMILES string of the molecule is CCCN(SC(C)SN(CCC)C(C)CC)C(C)CC. The van der Waals surface area contributed by atoms with E-state index in [9.17, 15) is 0 Å². The van der Waals surface area contributed by atoms with E-state index in [1.807, 2.05) is 23.9 Å². The Morgan fingerprint density at radius 3 is 1.30 bits per heavy atom. The molecule has 0 saturated heterocycles. The van der Waals surface area contributed by atoms with E-state index in [1.54, 1.807) is 0 Å². The first kappa shape index (κ1) is 20.6. The van der Waals surface area contributed by atoms with Gasteiger partial charge in [-0.05, 0) is 46.5 Å². The van der Waals surface area contributed by atoms with Gasteiger partial charge in [0.2, 0.25) is 0 Å². The fourth-order valence-corrected chi connectivity index (χ4v) is 4.87. The molecule has 0 radical (unpaired) electrons. The first-order valence-electron chi connectivity index (χ1n) is 8.36. The van der Waals surface area contributed by atoms with Crippen LogP contribution in [-0.2, 0) is 0 Å². The molecule has 0 rings (SSSR count). The van der Waals surface area contributed by atoms with Crippen LogP contribution >= 0.6 is 23.9 Å². The van der Waals surface area contributed by atoms with E-state index in [2.05, 4.69) is 57.1 Å². The van der Waals surface area contributed by atoms with Crippen molar-refractivity contribution < 1.29 is 0 Å². The molecule has 0 aliphatic carbocycles. The lowest BCUT2D eigenvalue weighted by atomic mass is 10.2. The van der Waals surface area contributed by atoms with Crippen LogP contribution in [-0.4, -0.2) is 38.4 Å². The fraction of sp³-hybridized carbons (Fsp3) is 1.00. The largest absolute Gasteiger partial charge is 0.247 e. The van der Waals surface area contributed by atoms with E-state index in [1.165, 1.54) is 38.8 Å². The van der Waals surface area contributed by atoms with Gasteiger partial charge >= 0.3 is 0 Å². The van der Waals surface area contributed by atoms with Gasteiger partial charge in [0.15, 0.2) is 0 Å². The van der Waals surface area contributed by atoms with Crippen LogP contribution in [0, 0.1) is 0 Å². The van der Waals surface area contributed by atoms with Crippen LogP contribution < -0.4 is 0 Å². The van der Waals surface area contributed by atoms with Crippen LogP contribution in [0.2, 0.25) is 0 Å². The van der Waals surface area contributed by atoms with E-state index in [-0.39, 0.29) is 0 Å². The van der Waals surface area contributed by atoms with Crippen molar-refractivity contribution in [2.45, 2.75) is 90.8 Å². The number of nitrogens with zero attached hydrogens (tertiary/aromatic N) is 2. The molecular weight excluding hydrogens is 284 g/mol. The van der Waals surface area contributed by atoms with Gasteiger partial charge in [0, 0.05) is 25.2 Å². The van der Waals surface area contributed by atoms with Crippen LogP contribution in [0.4, 0.5) is 0 Å². The molecule has 0 aromatic heterocycles. The summed E-state index contributed by atoms with van der Waals surface area (Å²) in [5.41, 5.74) is 0. The molecule has 2 unspecified atom stereocenters. The Morgan fingerprint density at radius 2 is 1.05 bits per heavy atom. The monoisotopic (exact) mass is 320 g/mol. The second kappa shape index (κ2) is 12.2.